The first-order chi connectivity index (χ1) is 10.2. The summed E-state index contributed by atoms with van der Waals surface area (Å²) in [6.07, 6.45) is 1.83. The van der Waals surface area contributed by atoms with Gasteiger partial charge in [0.05, 0.1) is 12.3 Å². The molecule has 0 aliphatic rings. The average Bonchev–Trinajstić information content (AvgIpc) is 2.91. The number of aromatic amines is 1. The van der Waals surface area contributed by atoms with E-state index in [2.05, 4.69) is 25.3 Å². The number of nitrogens with one attached hydrogen (secondary N) is 2. The summed E-state index contributed by atoms with van der Waals surface area (Å²) in [6.45, 7) is 2.35. The number of hydrogen-bond donors (Lipinski definition) is 4. The van der Waals surface area contributed by atoms with Gasteiger partial charge in [0, 0.05) is 29.4 Å². The van der Waals surface area contributed by atoms with Crippen LogP contribution < -0.4 is 11.1 Å². The highest BCUT2D eigenvalue weighted by Crippen LogP contribution is 2.29. The molecule has 0 amide bonds. The molecule has 108 valence electrons. The second kappa shape index (κ2) is 5.37. The van der Waals surface area contributed by atoms with Crippen LogP contribution in [0.1, 0.15) is 5.69 Å². The first kappa shape index (κ1) is 13.3. The van der Waals surface area contributed by atoms with Crippen molar-refractivity contribution in [2.45, 2.75) is 6.92 Å². The Labute approximate surface area is 121 Å². The second-order valence-corrected chi connectivity index (χ2v) is 4.70. The summed E-state index contributed by atoms with van der Waals surface area (Å²) in [5, 5.41) is 12.9. The van der Waals surface area contributed by atoms with Crippen LogP contribution in [0.4, 0.5) is 11.8 Å². The molecule has 0 aliphatic carbocycles. The van der Waals surface area contributed by atoms with Gasteiger partial charge in [-0.05, 0) is 25.1 Å². The highest BCUT2D eigenvalue weighted by molar-refractivity contribution is 5.93. The molecule has 21 heavy (non-hydrogen) atoms. The number of H-pyrrole nitrogens is 1. The SMILES string of the molecule is Cc1cc(-c2cc(NCCO)nc3[nH]ccc23)nc(N)n1. The summed E-state index contributed by atoms with van der Waals surface area (Å²) >= 11 is 0. The van der Waals surface area contributed by atoms with Crippen molar-refractivity contribution in [1.82, 2.24) is 19.9 Å². The number of nitrogens with two attached hydrogens (primary N) is 1. The van der Waals surface area contributed by atoms with Gasteiger partial charge in [0.15, 0.2) is 0 Å². The first-order valence-corrected chi connectivity index (χ1v) is 6.62. The van der Waals surface area contributed by atoms with Crippen LogP contribution in [0.3, 0.4) is 0 Å². The van der Waals surface area contributed by atoms with Gasteiger partial charge in [-0.3, -0.25) is 0 Å². The number of nitrogen functional groups attached to an aromatic ring is 1. The number of aliphatic hydroxyl groups is 1. The van der Waals surface area contributed by atoms with Crippen LogP contribution in [0.5, 0.6) is 0 Å². The van der Waals surface area contributed by atoms with Crippen molar-refractivity contribution in [3.63, 3.8) is 0 Å². The Morgan fingerprint density at radius 1 is 1.29 bits per heavy atom. The third-order valence-electron chi connectivity index (χ3n) is 3.09. The van der Waals surface area contributed by atoms with Gasteiger partial charge in [0.1, 0.15) is 11.5 Å². The Bertz CT molecular complexity index is 762. The molecule has 3 rings (SSSR count). The third-order valence-corrected chi connectivity index (χ3v) is 3.09. The number of nitrogens with zero attached hydrogens (tertiary/aromatic N) is 3. The topological polar surface area (TPSA) is 113 Å². The highest BCUT2D eigenvalue weighted by Gasteiger charge is 2.11. The molecule has 3 aromatic rings. The summed E-state index contributed by atoms with van der Waals surface area (Å²) in [5.74, 6) is 0.916. The standard InChI is InChI=1S/C14H16N6O/c1-8-6-11(19-14(15)18-8)10-7-12(16-4-5-21)20-13-9(10)2-3-17-13/h2-3,6-7,21H,4-5H2,1H3,(H2,15,18,19)(H2,16,17,20). The fourth-order valence-corrected chi connectivity index (χ4v) is 2.25. The van der Waals surface area contributed by atoms with E-state index in [0.717, 1.165) is 28.0 Å². The Balaban J connectivity index is 2.17. The summed E-state index contributed by atoms with van der Waals surface area (Å²) in [7, 11) is 0. The van der Waals surface area contributed by atoms with Gasteiger partial charge in [-0.15, -0.1) is 0 Å². The minimum atomic E-state index is 0.0410. The largest absolute Gasteiger partial charge is 0.395 e. The number of hydrogen-bond acceptors (Lipinski definition) is 6. The van der Waals surface area contributed by atoms with Crippen LogP contribution in [-0.4, -0.2) is 38.2 Å². The van der Waals surface area contributed by atoms with E-state index in [9.17, 15) is 0 Å². The molecule has 0 aromatic carbocycles. The molecule has 0 unspecified atom stereocenters. The zero-order chi connectivity index (χ0) is 14.8. The van der Waals surface area contributed by atoms with Gasteiger partial charge in [-0.25, -0.2) is 15.0 Å². The first-order valence-electron chi connectivity index (χ1n) is 6.62. The Kier molecular flexibility index (Phi) is 3.41. The molecule has 0 aliphatic heterocycles. The predicted octanol–water partition coefficient (Wildman–Crippen LogP) is 1.31. The normalized spacial score (nSPS) is 11.0. The number of rotatable bonds is 4. The Morgan fingerprint density at radius 2 is 2.14 bits per heavy atom. The zero-order valence-corrected chi connectivity index (χ0v) is 11.6. The van der Waals surface area contributed by atoms with Crippen molar-refractivity contribution in [2.75, 3.05) is 24.2 Å². The molecule has 0 atom stereocenters. The van der Waals surface area contributed by atoms with Crippen LogP contribution in [0, 0.1) is 6.92 Å². The maximum absolute atomic E-state index is 8.92. The number of aromatic nitrogens is 4. The monoisotopic (exact) mass is 284 g/mol. The Hall–Kier alpha value is -2.67. The van der Waals surface area contributed by atoms with Gasteiger partial charge in [0.2, 0.25) is 5.95 Å². The van der Waals surface area contributed by atoms with Crippen LogP contribution >= 0.6 is 0 Å². The maximum Gasteiger partial charge on any atom is 0.220 e. The molecular weight excluding hydrogens is 268 g/mol. The van der Waals surface area contributed by atoms with E-state index in [1.165, 1.54) is 0 Å². The van der Waals surface area contributed by atoms with E-state index in [1.54, 1.807) is 0 Å². The van der Waals surface area contributed by atoms with Crippen molar-refractivity contribution in [3.05, 3.63) is 30.1 Å². The van der Waals surface area contributed by atoms with Crippen molar-refractivity contribution in [1.29, 1.82) is 0 Å². The van der Waals surface area contributed by atoms with Crippen LogP contribution in [0.25, 0.3) is 22.3 Å². The van der Waals surface area contributed by atoms with Crippen molar-refractivity contribution < 1.29 is 5.11 Å². The highest BCUT2D eigenvalue weighted by atomic mass is 16.3. The average molecular weight is 284 g/mol. The van der Waals surface area contributed by atoms with Crippen molar-refractivity contribution >= 4 is 22.8 Å². The summed E-state index contributed by atoms with van der Waals surface area (Å²) in [4.78, 5) is 15.9. The van der Waals surface area contributed by atoms with Gasteiger partial charge < -0.3 is 21.1 Å². The Morgan fingerprint density at radius 3 is 2.90 bits per heavy atom. The van der Waals surface area contributed by atoms with Gasteiger partial charge in [-0.2, -0.15) is 0 Å². The van der Waals surface area contributed by atoms with Crippen molar-refractivity contribution in [3.8, 4) is 11.3 Å². The number of anilines is 2. The summed E-state index contributed by atoms with van der Waals surface area (Å²) < 4.78 is 0. The van der Waals surface area contributed by atoms with Gasteiger partial charge in [-0.1, -0.05) is 0 Å². The fraction of sp³-hybridized carbons (Fsp3) is 0.214. The molecule has 0 saturated carbocycles. The quantitative estimate of drug-likeness (QED) is 0.574. The maximum atomic E-state index is 8.92. The molecule has 0 bridgehead atoms. The van der Waals surface area contributed by atoms with Crippen LogP contribution in [0.2, 0.25) is 0 Å². The van der Waals surface area contributed by atoms with Gasteiger partial charge in [0.25, 0.3) is 0 Å². The summed E-state index contributed by atoms with van der Waals surface area (Å²) in [6, 6.07) is 5.72. The lowest BCUT2D eigenvalue weighted by molar-refractivity contribution is 0.311. The van der Waals surface area contributed by atoms with E-state index < -0.39 is 0 Å². The van der Waals surface area contributed by atoms with E-state index in [0.29, 0.717) is 12.4 Å². The molecule has 7 nitrogen and oxygen atoms in total. The lowest BCUT2D eigenvalue weighted by atomic mass is 10.1. The number of aryl methyl sites for hydroxylation is 1. The lowest BCUT2D eigenvalue weighted by Crippen LogP contribution is -2.07. The molecule has 0 fully saturated rings. The second-order valence-electron chi connectivity index (χ2n) is 4.70. The van der Waals surface area contributed by atoms with E-state index >= 15 is 0 Å². The third kappa shape index (κ3) is 2.63. The number of pyridine rings is 1. The molecule has 5 N–H and O–H groups in total. The molecule has 0 spiro atoms. The van der Waals surface area contributed by atoms with E-state index in [1.807, 2.05) is 31.3 Å². The lowest BCUT2D eigenvalue weighted by Gasteiger charge is -2.09. The summed E-state index contributed by atoms with van der Waals surface area (Å²) in [5.41, 5.74) is 8.97. The molecule has 3 heterocycles. The zero-order valence-electron chi connectivity index (χ0n) is 11.6. The van der Waals surface area contributed by atoms with E-state index in [4.69, 9.17) is 10.8 Å². The minimum Gasteiger partial charge on any atom is -0.395 e. The minimum absolute atomic E-state index is 0.0410. The van der Waals surface area contributed by atoms with Gasteiger partial charge >= 0.3 is 0 Å². The van der Waals surface area contributed by atoms with Crippen LogP contribution in [-0.2, 0) is 0 Å². The molecule has 7 heteroatoms. The fourth-order valence-electron chi connectivity index (χ4n) is 2.25. The molecular formula is C14H16N6O. The van der Waals surface area contributed by atoms with E-state index in [-0.39, 0.29) is 12.6 Å². The molecule has 0 radical (unpaired) electrons. The number of fused-ring (bicyclic) bond motifs is 1. The predicted molar refractivity (Wildman–Crippen MR) is 81.8 cm³/mol. The van der Waals surface area contributed by atoms with Crippen molar-refractivity contribution in [2.24, 2.45) is 0 Å². The molecule has 3 aromatic heterocycles. The van der Waals surface area contributed by atoms with Crippen LogP contribution in [0.15, 0.2) is 24.4 Å². The number of aliphatic hydroxyl groups excluding tert-OH is 1. The smallest absolute Gasteiger partial charge is 0.220 e. The molecule has 0 saturated heterocycles.